The Hall–Kier alpha value is -4.18. The lowest BCUT2D eigenvalue weighted by Crippen LogP contribution is -2.16. The summed E-state index contributed by atoms with van der Waals surface area (Å²) in [6.07, 6.45) is 12.7. The minimum absolute atomic E-state index is 0.687. The number of fused-ring (bicyclic) bond motifs is 2. The molecule has 2 aromatic carbocycles. The highest BCUT2D eigenvalue weighted by Crippen LogP contribution is 2.32. The molecule has 5 aromatic rings. The Labute approximate surface area is 205 Å². The molecule has 0 aliphatic heterocycles. The van der Waals surface area contributed by atoms with Crippen LogP contribution in [-0.2, 0) is 0 Å². The van der Waals surface area contributed by atoms with E-state index in [0.717, 1.165) is 68.3 Å². The van der Waals surface area contributed by atoms with E-state index in [2.05, 4.69) is 73.3 Å². The predicted octanol–water partition coefficient (Wildman–Crippen LogP) is 6.78. The van der Waals surface area contributed by atoms with Gasteiger partial charge >= 0.3 is 0 Å². The molecule has 174 valence electrons. The smallest absolute Gasteiger partial charge is 0.164 e. The number of nitrogens with zero attached hydrogens (tertiary/aromatic N) is 3. The average Bonchev–Trinajstić information content (AvgIpc) is 3.49. The van der Waals surface area contributed by atoms with Crippen molar-refractivity contribution < 1.29 is 4.42 Å². The summed E-state index contributed by atoms with van der Waals surface area (Å²) in [5.74, 6) is 0. The fourth-order valence-electron chi connectivity index (χ4n) is 4.58. The van der Waals surface area contributed by atoms with Gasteiger partial charge in [0.1, 0.15) is 11.0 Å². The van der Waals surface area contributed by atoms with Crippen LogP contribution in [0.25, 0.3) is 57.2 Å². The van der Waals surface area contributed by atoms with Crippen molar-refractivity contribution in [2.24, 2.45) is 0 Å². The summed E-state index contributed by atoms with van der Waals surface area (Å²) in [5, 5.41) is 6.85. The molecule has 0 amide bonds. The molecule has 3 aromatic heterocycles. The van der Waals surface area contributed by atoms with Crippen LogP contribution in [0.4, 0.5) is 0 Å². The Balaban J connectivity index is 0.00000124. The van der Waals surface area contributed by atoms with Crippen LogP contribution in [-0.4, -0.2) is 14.6 Å². The molecular weight excluding hydrogens is 430 g/mol. The molecule has 4 heteroatoms. The first kappa shape index (κ1) is 22.6. The van der Waals surface area contributed by atoms with Crippen molar-refractivity contribution in [3.63, 3.8) is 0 Å². The molecule has 0 radical (unpaired) electrons. The minimum atomic E-state index is 0.687. The van der Waals surface area contributed by atoms with Crippen molar-refractivity contribution in [2.45, 2.75) is 33.6 Å². The highest BCUT2D eigenvalue weighted by Gasteiger charge is 2.17. The maximum atomic E-state index is 5.94. The highest BCUT2D eigenvalue weighted by atomic mass is 16.3. The zero-order valence-electron chi connectivity index (χ0n) is 20.5. The molecule has 6 rings (SSSR count). The number of rotatable bonds is 3. The molecule has 1 aliphatic rings. The van der Waals surface area contributed by atoms with E-state index in [4.69, 9.17) is 14.5 Å². The van der Waals surface area contributed by atoms with Crippen LogP contribution in [0, 0.1) is 0 Å². The largest absolute Gasteiger partial charge is 0.457 e. The van der Waals surface area contributed by atoms with Gasteiger partial charge < -0.3 is 4.42 Å². The number of furan rings is 1. The number of benzene rings is 2. The third-order valence-electron chi connectivity index (χ3n) is 6.24. The summed E-state index contributed by atoms with van der Waals surface area (Å²) >= 11 is 0. The Bertz CT molecular complexity index is 1680. The summed E-state index contributed by atoms with van der Waals surface area (Å²) in [7, 11) is 0. The second-order valence-corrected chi connectivity index (χ2v) is 8.26. The van der Waals surface area contributed by atoms with Crippen molar-refractivity contribution in [1.82, 2.24) is 14.6 Å². The summed E-state index contributed by atoms with van der Waals surface area (Å²) in [6.45, 7) is 10.0. The quantitative estimate of drug-likeness (QED) is 0.299. The second kappa shape index (κ2) is 9.59. The van der Waals surface area contributed by atoms with E-state index in [1.807, 2.05) is 43.6 Å². The van der Waals surface area contributed by atoms with Crippen molar-refractivity contribution in [3.05, 3.63) is 95.4 Å². The van der Waals surface area contributed by atoms with Gasteiger partial charge in [-0.2, -0.15) is 5.10 Å². The SMILES string of the molecule is C=c1oc2cc(-c3cnn4c(-c5ccccc5)cc(C5=CCCC=C5)nc34)ccc2/c1=C/C.CC. The van der Waals surface area contributed by atoms with Gasteiger partial charge in [-0.1, -0.05) is 81.1 Å². The van der Waals surface area contributed by atoms with E-state index in [9.17, 15) is 0 Å². The van der Waals surface area contributed by atoms with Crippen LogP contribution in [0.3, 0.4) is 0 Å². The van der Waals surface area contributed by atoms with E-state index in [0.29, 0.717) is 5.42 Å². The normalized spacial score (nSPS) is 13.7. The lowest BCUT2D eigenvalue weighted by Gasteiger charge is -2.12. The van der Waals surface area contributed by atoms with Gasteiger partial charge in [-0.15, -0.1) is 0 Å². The summed E-state index contributed by atoms with van der Waals surface area (Å²) in [4.78, 5) is 5.07. The van der Waals surface area contributed by atoms with Crippen LogP contribution in [0.2, 0.25) is 0 Å². The Kier molecular flexibility index (Phi) is 6.19. The van der Waals surface area contributed by atoms with Gasteiger partial charge in [0.15, 0.2) is 5.65 Å². The molecular formula is C31H29N3O. The molecule has 0 saturated carbocycles. The Morgan fingerprint density at radius 1 is 1.00 bits per heavy atom. The third-order valence-corrected chi connectivity index (χ3v) is 6.24. The van der Waals surface area contributed by atoms with Crippen LogP contribution in [0.5, 0.6) is 0 Å². The van der Waals surface area contributed by atoms with E-state index < -0.39 is 0 Å². The molecule has 0 unspecified atom stereocenters. The first-order valence-electron chi connectivity index (χ1n) is 12.2. The van der Waals surface area contributed by atoms with Crippen molar-refractivity contribution in [3.8, 4) is 22.4 Å². The molecule has 0 atom stereocenters. The predicted molar refractivity (Wildman–Crippen MR) is 146 cm³/mol. The van der Waals surface area contributed by atoms with Crippen molar-refractivity contribution in [1.29, 1.82) is 0 Å². The standard InChI is InChI=1S/C29H23N3O.C2H6/c1-3-23-19(2)33-28-16-22(14-15-24(23)28)25-18-30-32-27(21-12-8-5-9-13-21)17-26(31-29(25)32)20-10-6-4-7-11-20;1-2/h3,5-6,8-18H,2,4,7H2,1H3;1-2H3/b23-3+;. The fraction of sp³-hybridized carbons (Fsp3) is 0.161. The van der Waals surface area contributed by atoms with Gasteiger partial charge in [0, 0.05) is 21.7 Å². The van der Waals surface area contributed by atoms with Crippen molar-refractivity contribution >= 4 is 34.8 Å². The van der Waals surface area contributed by atoms with E-state index >= 15 is 0 Å². The maximum Gasteiger partial charge on any atom is 0.164 e. The third kappa shape index (κ3) is 4.01. The molecule has 0 fully saturated rings. The zero-order valence-corrected chi connectivity index (χ0v) is 20.5. The molecule has 4 nitrogen and oxygen atoms in total. The monoisotopic (exact) mass is 459 g/mol. The van der Waals surface area contributed by atoms with Crippen LogP contribution >= 0.6 is 0 Å². The highest BCUT2D eigenvalue weighted by molar-refractivity contribution is 5.88. The Morgan fingerprint density at radius 3 is 2.57 bits per heavy atom. The average molecular weight is 460 g/mol. The molecule has 0 N–H and O–H groups in total. The summed E-state index contributed by atoms with van der Waals surface area (Å²) in [5.41, 5.74) is 8.56. The number of aromatic nitrogens is 3. The molecule has 35 heavy (non-hydrogen) atoms. The van der Waals surface area contributed by atoms with E-state index in [1.54, 1.807) is 0 Å². The topological polar surface area (TPSA) is 43.3 Å². The Morgan fingerprint density at radius 2 is 1.83 bits per heavy atom. The number of allylic oxidation sites excluding steroid dienone is 4. The lowest BCUT2D eigenvalue weighted by atomic mass is 10.0. The van der Waals surface area contributed by atoms with Crippen LogP contribution in [0.1, 0.15) is 39.3 Å². The lowest BCUT2D eigenvalue weighted by molar-refractivity contribution is 0.577. The summed E-state index contributed by atoms with van der Waals surface area (Å²) in [6, 6.07) is 18.7. The van der Waals surface area contributed by atoms with Gasteiger partial charge in [-0.3, -0.25) is 0 Å². The van der Waals surface area contributed by atoms with Crippen molar-refractivity contribution in [2.75, 3.05) is 0 Å². The molecule has 3 heterocycles. The van der Waals surface area contributed by atoms with Gasteiger partial charge in [0.2, 0.25) is 0 Å². The van der Waals surface area contributed by atoms with E-state index in [-0.39, 0.29) is 0 Å². The molecule has 0 spiro atoms. The van der Waals surface area contributed by atoms with E-state index in [1.165, 1.54) is 0 Å². The fourth-order valence-corrected chi connectivity index (χ4v) is 4.58. The second-order valence-electron chi connectivity index (χ2n) is 8.26. The van der Waals surface area contributed by atoms with Gasteiger partial charge in [0.05, 0.1) is 17.6 Å². The first-order chi connectivity index (χ1) is 17.2. The minimum Gasteiger partial charge on any atom is -0.457 e. The summed E-state index contributed by atoms with van der Waals surface area (Å²) < 4.78 is 7.88. The first-order valence-corrected chi connectivity index (χ1v) is 12.2. The maximum absolute atomic E-state index is 5.94. The number of hydrogen-bond donors (Lipinski definition) is 0. The molecule has 1 aliphatic carbocycles. The number of hydrogen-bond acceptors (Lipinski definition) is 3. The molecule has 0 bridgehead atoms. The van der Waals surface area contributed by atoms with Crippen LogP contribution in [0.15, 0.2) is 83.4 Å². The van der Waals surface area contributed by atoms with Gasteiger partial charge in [-0.05, 0) is 49.1 Å². The van der Waals surface area contributed by atoms with Crippen LogP contribution < -0.4 is 10.6 Å². The van der Waals surface area contributed by atoms with Gasteiger partial charge in [0.25, 0.3) is 0 Å². The molecule has 0 saturated heterocycles. The van der Waals surface area contributed by atoms with Gasteiger partial charge in [-0.25, -0.2) is 9.50 Å². The zero-order chi connectivity index (χ0) is 24.4.